The Morgan fingerprint density at radius 2 is 1.64 bits per heavy atom. The third kappa shape index (κ3) is 5.13. The van der Waals surface area contributed by atoms with Crippen molar-refractivity contribution >= 4 is 16.7 Å². The quantitative estimate of drug-likeness (QED) is 0.369. The van der Waals surface area contributed by atoms with Gasteiger partial charge in [-0.2, -0.15) is 5.26 Å². The van der Waals surface area contributed by atoms with E-state index < -0.39 is 0 Å². The summed E-state index contributed by atoms with van der Waals surface area (Å²) in [4.78, 5) is 21.9. The summed E-state index contributed by atoms with van der Waals surface area (Å²) in [7, 11) is 3.32. The summed E-state index contributed by atoms with van der Waals surface area (Å²) in [5.74, 6) is -0.651. The second-order valence-corrected chi connectivity index (χ2v) is 9.92. The van der Waals surface area contributed by atoms with Gasteiger partial charge in [-0.15, -0.1) is 0 Å². The van der Waals surface area contributed by atoms with E-state index in [1.54, 1.807) is 56.6 Å². The average molecular weight is 530 g/mol. The lowest BCUT2D eigenvalue weighted by atomic mass is 9.93. The third-order valence-electron chi connectivity index (χ3n) is 7.44. The molecule has 5 rings (SSSR count). The summed E-state index contributed by atoms with van der Waals surface area (Å²) >= 11 is 0. The number of aryl methyl sites for hydroxylation is 1. The summed E-state index contributed by atoms with van der Waals surface area (Å²) in [6.45, 7) is 3.54. The van der Waals surface area contributed by atoms with Gasteiger partial charge in [0.1, 0.15) is 28.9 Å². The van der Waals surface area contributed by atoms with Crippen molar-refractivity contribution in [1.29, 1.82) is 5.26 Å². The van der Waals surface area contributed by atoms with Crippen molar-refractivity contribution in [1.82, 2.24) is 14.5 Å². The van der Waals surface area contributed by atoms with Crippen LogP contribution in [0.4, 0.5) is 14.5 Å². The highest BCUT2D eigenvalue weighted by Gasteiger charge is 2.37. The van der Waals surface area contributed by atoms with Crippen LogP contribution in [0.3, 0.4) is 0 Å². The first-order valence-electron chi connectivity index (χ1n) is 12.7. The summed E-state index contributed by atoms with van der Waals surface area (Å²) in [5.41, 5.74) is 3.73. The summed E-state index contributed by atoms with van der Waals surface area (Å²) in [5, 5.41) is 9.48. The number of methoxy groups -OCH3 is 1. The van der Waals surface area contributed by atoms with E-state index in [1.165, 1.54) is 28.8 Å². The van der Waals surface area contributed by atoms with Crippen LogP contribution in [0.2, 0.25) is 0 Å². The lowest BCUT2D eigenvalue weighted by molar-refractivity contribution is 0.0868. The van der Waals surface area contributed by atoms with Crippen LogP contribution in [0.1, 0.15) is 29.8 Å². The molecular weight excluding hydrogens is 500 g/mol. The number of halogens is 2. The van der Waals surface area contributed by atoms with Gasteiger partial charge in [0.15, 0.2) is 0 Å². The van der Waals surface area contributed by atoms with Crippen LogP contribution in [0.15, 0.2) is 71.5 Å². The summed E-state index contributed by atoms with van der Waals surface area (Å²) < 4.78 is 34.8. The molecule has 200 valence electrons. The number of nitriles is 1. The first-order chi connectivity index (χ1) is 18.8. The molecule has 0 saturated carbocycles. The van der Waals surface area contributed by atoms with Crippen LogP contribution in [0.25, 0.3) is 11.0 Å². The van der Waals surface area contributed by atoms with Crippen LogP contribution >= 0.6 is 0 Å². The zero-order valence-electron chi connectivity index (χ0n) is 22.0. The zero-order valence-corrected chi connectivity index (χ0v) is 22.0. The van der Waals surface area contributed by atoms with Crippen molar-refractivity contribution in [3.05, 3.63) is 106 Å². The minimum Gasteiger partial charge on any atom is -0.383 e. The molecule has 1 unspecified atom stereocenters. The van der Waals surface area contributed by atoms with Gasteiger partial charge in [0.05, 0.1) is 29.9 Å². The van der Waals surface area contributed by atoms with E-state index in [-0.39, 0.29) is 41.0 Å². The van der Waals surface area contributed by atoms with Gasteiger partial charge >= 0.3 is 0 Å². The van der Waals surface area contributed by atoms with E-state index in [1.807, 2.05) is 0 Å². The van der Waals surface area contributed by atoms with E-state index in [9.17, 15) is 18.8 Å². The number of fused-ring (bicyclic) bond motifs is 1. The van der Waals surface area contributed by atoms with Crippen LogP contribution < -0.4 is 10.5 Å². The minimum absolute atomic E-state index is 0.0310. The maximum absolute atomic E-state index is 13.8. The molecule has 0 bridgehead atoms. The average Bonchev–Trinajstić information content (AvgIpc) is 2.94. The molecule has 7 nitrogen and oxygen atoms in total. The highest BCUT2D eigenvalue weighted by Crippen LogP contribution is 2.36. The maximum atomic E-state index is 13.8. The number of ether oxygens (including phenoxy) is 1. The van der Waals surface area contributed by atoms with Gasteiger partial charge in [-0.1, -0.05) is 24.3 Å². The van der Waals surface area contributed by atoms with Crippen molar-refractivity contribution in [3.8, 4) is 6.07 Å². The molecule has 0 radical (unpaired) electrons. The van der Waals surface area contributed by atoms with Gasteiger partial charge in [-0.3, -0.25) is 9.69 Å². The molecule has 0 N–H and O–H groups in total. The number of aromatic nitrogens is 2. The minimum atomic E-state index is -0.325. The maximum Gasteiger partial charge on any atom is 0.252 e. The Bertz CT molecular complexity index is 1540. The van der Waals surface area contributed by atoms with Crippen molar-refractivity contribution in [2.75, 3.05) is 31.7 Å². The van der Waals surface area contributed by atoms with Gasteiger partial charge in [0, 0.05) is 39.4 Å². The standard InChI is InChI=1S/C30H29F2N5O2/c1-19-16-37(27-14-28(38)35(2)26-13-12-24(15-33)34-29(26)27)25(18-39-3)17-36(19)30(20-4-8-22(31)9-5-20)21-6-10-23(32)11-7-21/h4-14,19,25,30H,16-18H2,1-3H3/t19?,25-/m1/s1. The Kier molecular flexibility index (Phi) is 7.42. The Morgan fingerprint density at radius 1 is 1.03 bits per heavy atom. The summed E-state index contributed by atoms with van der Waals surface area (Å²) in [6, 6.07) is 19.3. The number of pyridine rings is 2. The van der Waals surface area contributed by atoms with Crippen molar-refractivity contribution in [2.24, 2.45) is 7.05 Å². The Labute approximate surface area is 225 Å². The molecule has 1 fully saturated rings. The topological polar surface area (TPSA) is 74.4 Å². The molecule has 2 aromatic carbocycles. The zero-order chi connectivity index (χ0) is 27.7. The number of hydrogen-bond acceptors (Lipinski definition) is 6. The fourth-order valence-corrected chi connectivity index (χ4v) is 5.51. The number of rotatable bonds is 6. The predicted octanol–water partition coefficient (Wildman–Crippen LogP) is 4.40. The Balaban J connectivity index is 1.59. The second-order valence-electron chi connectivity index (χ2n) is 9.92. The fourth-order valence-electron chi connectivity index (χ4n) is 5.51. The number of hydrogen-bond donors (Lipinski definition) is 0. The van der Waals surface area contributed by atoms with E-state index in [0.29, 0.717) is 36.4 Å². The van der Waals surface area contributed by atoms with Crippen LogP contribution in [-0.2, 0) is 11.8 Å². The van der Waals surface area contributed by atoms with E-state index in [2.05, 4.69) is 27.8 Å². The largest absolute Gasteiger partial charge is 0.383 e. The number of anilines is 1. The van der Waals surface area contributed by atoms with Gasteiger partial charge in [-0.05, 0) is 54.4 Å². The smallest absolute Gasteiger partial charge is 0.252 e. The molecule has 0 amide bonds. The van der Waals surface area contributed by atoms with Crippen molar-refractivity contribution in [3.63, 3.8) is 0 Å². The second kappa shape index (κ2) is 10.9. The van der Waals surface area contributed by atoms with Crippen LogP contribution in [0.5, 0.6) is 0 Å². The normalized spacial score (nSPS) is 18.0. The first-order valence-corrected chi connectivity index (χ1v) is 12.7. The SMILES string of the molecule is COC[C@H]1CN(C(c2ccc(F)cc2)c2ccc(F)cc2)C(C)CN1c1cc(=O)n(C)c2ccc(C#N)nc12. The molecule has 1 saturated heterocycles. The predicted molar refractivity (Wildman–Crippen MR) is 146 cm³/mol. The molecular formula is C30H29F2N5O2. The first kappa shape index (κ1) is 26.5. The van der Waals surface area contributed by atoms with Gasteiger partial charge in [0.2, 0.25) is 0 Å². The molecule has 9 heteroatoms. The van der Waals surface area contributed by atoms with Crippen molar-refractivity contribution in [2.45, 2.75) is 25.0 Å². The van der Waals surface area contributed by atoms with Gasteiger partial charge in [0.25, 0.3) is 5.56 Å². The van der Waals surface area contributed by atoms with Crippen molar-refractivity contribution < 1.29 is 13.5 Å². The Hall–Kier alpha value is -4.13. The molecule has 1 aliphatic heterocycles. The third-order valence-corrected chi connectivity index (χ3v) is 7.44. The molecule has 2 aromatic heterocycles. The number of benzene rings is 2. The summed E-state index contributed by atoms with van der Waals surface area (Å²) in [6.07, 6.45) is 0. The van der Waals surface area contributed by atoms with Crippen LogP contribution in [0, 0.1) is 23.0 Å². The molecule has 1 aliphatic rings. The molecule has 2 atom stereocenters. The Morgan fingerprint density at radius 3 is 2.21 bits per heavy atom. The molecule has 0 spiro atoms. The molecule has 0 aliphatic carbocycles. The lowest BCUT2D eigenvalue weighted by Gasteiger charge is -2.49. The van der Waals surface area contributed by atoms with Gasteiger partial charge < -0.3 is 14.2 Å². The molecule has 4 aromatic rings. The monoisotopic (exact) mass is 529 g/mol. The van der Waals surface area contributed by atoms with E-state index >= 15 is 0 Å². The van der Waals surface area contributed by atoms with Gasteiger partial charge in [-0.25, -0.2) is 13.8 Å². The molecule has 3 heterocycles. The van der Waals surface area contributed by atoms with Crippen LogP contribution in [-0.4, -0.2) is 53.3 Å². The fraction of sp³-hybridized carbons (Fsp3) is 0.300. The number of piperazine rings is 1. The van der Waals surface area contributed by atoms with E-state index in [0.717, 1.165) is 11.1 Å². The number of nitrogens with zero attached hydrogens (tertiary/aromatic N) is 5. The highest BCUT2D eigenvalue weighted by molar-refractivity contribution is 5.89. The lowest BCUT2D eigenvalue weighted by Crippen LogP contribution is -2.60. The highest BCUT2D eigenvalue weighted by atomic mass is 19.1. The van der Waals surface area contributed by atoms with E-state index in [4.69, 9.17) is 4.74 Å². The molecule has 39 heavy (non-hydrogen) atoms.